The van der Waals surface area contributed by atoms with E-state index in [-0.39, 0.29) is 0 Å². The van der Waals surface area contributed by atoms with E-state index in [4.69, 9.17) is 9.47 Å². The molecule has 0 radical (unpaired) electrons. The summed E-state index contributed by atoms with van der Waals surface area (Å²) in [4.78, 5) is 6.77. The summed E-state index contributed by atoms with van der Waals surface area (Å²) in [6.07, 6.45) is 7.74. The highest BCUT2D eigenvalue weighted by Gasteiger charge is 2.45. The van der Waals surface area contributed by atoms with Gasteiger partial charge in [-0.3, -0.25) is 9.88 Å². The van der Waals surface area contributed by atoms with Gasteiger partial charge in [0.2, 0.25) is 0 Å². The van der Waals surface area contributed by atoms with E-state index < -0.39 is 0 Å². The summed E-state index contributed by atoms with van der Waals surface area (Å²) in [5.41, 5.74) is 1.34. The third-order valence-electron chi connectivity index (χ3n) is 5.46. The van der Waals surface area contributed by atoms with Crippen molar-refractivity contribution in [3.63, 3.8) is 0 Å². The second-order valence-corrected chi connectivity index (χ2v) is 6.81. The van der Waals surface area contributed by atoms with Crippen LogP contribution in [-0.4, -0.2) is 35.7 Å². The Kier molecular flexibility index (Phi) is 4.39. The molecule has 4 rings (SSSR count). The molecule has 0 N–H and O–H groups in total. The van der Waals surface area contributed by atoms with Crippen LogP contribution in [0.1, 0.15) is 24.8 Å². The number of likely N-dealkylation sites (tertiary alicyclic amines) is 1. The first kappa shape index (κ1) is 15.5. The Hall–Kier alpha value is -2.07. The maximum absolute atomic E-state index is 6.12. The number of aromatic nitrogens is 1. The van der Waals surface area contributed by atoms with Gasteiger partial charge in [0.05, 0.1) is 7.11 Å². The monoisotopic (exact) mass is 324 g/mol. The fourth-order valence-electron chi connectivity index (χ4n) is 4.23. The minimum Gasteiger partial charge on any atom is -0.497 e. The van der Waals surface area contributed by atoms with Crippen molar-refractivity contribution in [3.8, 4) is 11.5 Å². The SMILES string of the molecule is COc1cccc(OC[C@@H]2[C@@H]3CC[C@@H](C3)N2Cc2ccncc2)c1. The number of fused-ring (bicyclic) bond motifs is 2. The zero-order chi connectivity index (χ0) is 16.4. The van der Waals surface area contributed by atoms with E-state index in [1.165, 1.54) is 24.8 Å². The summed E-state index contributed by atoms with van der Waals surface area (Å²) < 4.78 is 11.4. The molecule has 0 unspecified atom stereocenters. The van der Waals surface area contributed by atoms with Crippen LogP contribution in [0.15, 0.2) is 48.8 Å². The Morgan fingerprint density at radius 1 is 1.12 bits per heavy atom. The van der Waals surface area contributed by atoms with Gasteiger partial charge in [0.15, 0.2) is 0 Å². The molecular formula is C20H24N2O2. The number of hydrogen-bond acceptors (Lipinski definition) is 4. The highest BCUT2D eigenvalue weighted by Crippen LogP contribution is 2.43. The normalized spacial score (nSPS) is 25.8. The molecule has 1 aromatic carbocycles. The van der Waals surface area contributed by atoms with Crippen molar-refractivity contribution >= 4 is 0 Å². The maximum Gasteiger partial charge on any atom is 0.123 e. The summed E-state index contributed by atoms with van der Waals surface area (Å²) in [6, 6.07) is 13.3. The molecule has 1 aliphatic heterocycles. The van der Waals surface area contributed by atoms with E-state index in [0.717, 1.165) is 30.6 Å². The van der Waals surface area contributed by atoms with Crippen molar-refractivity contribution in [3.05, 3.63) is 54.4 Å². The molecule has 3 atom stereocenters. The second kappa shape index (κ2) is 6.81. The Labute approximate surface area is 143 Å². The Bertz CT molecular complexity index is 676. The lowest BCUT2D eigenvalue weighted by Crippen LogP contribution is -2.43. The van der Waals surface area contributed by atoms with E-state index in [0.29, 0.717) is 12.1 Å². The van der Waals surface area contributed by atoms with E-state index in [1.807, 2.05) is 36.7 Å². The molecule has 2 fully saturated rings. The van der Waals surface area contributed by atoms with Crippen molar-refractivity contribution < 1.29 is 9.47 Å². The van der Waals surface area contributed by atoms with Gasteiger partial charge >= 0.3 is 0 Å². The Morgan fingerprint density at radius 3 is 2.79 bits per heavy atom. The van der Waals surface area contributed by atoms with Crippen LogP contribution in [-0.2, 0) is 6.54 Å². The summed E-state index contributed by atoms with van der Waals surface area (Å²) in [5.74, 6) is 2.50. The second-order valence-electron chi connectivity index (χ2n) is 6.81. The van der Waals surface area contributed by atoms with E-state index >= 15 is 0 Å². The predicted molar refractivity (Wildman–Crippen MR) is 93.2 cm³/mol. The molecule has 2 aliphatic rings. The van der Waals surface area contributed by atoms with Crippen LogP contribution >= 0.6 is 0 Å². The minimum atomic E-state index is 0.503. The van der Waals surface area contributed by atoms with Crippen molar-refractivity contribution in [2.45, 2.75) is 37.9 Å². The summed E-state index contributed by atoms with van der Waals surface area (Å²) in [5, 5.41) is 0. The van der Waals surface area contributed by atoms with Gasteiger partial charge in [-0.05, 0) is 55.0 Å². The molecule has 1 aromatic heterocycles. The highest BCUT2D eigenvalue weighted by atomic mass is 16.5. The maximum atomic E-state index is 6.12. The van der Waals surface area contributed by atoms with Crippen LogP contribution < -0.4 is 9.47 Å². The first-order valence-electron chi connectivity index (χ1n) is 8.75. The molecule has 2 bridgehead atoms. The van der Waals surface area contributed by atoms with Crippen molar-refractivity contribution in [2.24, 2.45) is 5.92 Å². The van der Waals surface area contributed by atoms with Gasteiger partial charge in [0.1, 0.15) is 18.1 Å². The summed E-state index contributed by atoms with van der Waals surface area (Å²) in [7, 11) is 1.69. The first-order valence-corrected chi connectivity index (χ1v) is 8.75. The van der Waals surface area contributed by atoms with E-state index in [9.17, 15) is 0 Å². The lowest BCUT2D eigenvalue weighted by Gasteiger charge is -2.35. The highest BCUT2D eigenvalue weighted by molar-refractivity contribution is 5.32. The largest absolute Gasteiger partial charge is 0.497 e. The van der Waals surface area contributed by atoms with Gasteiger partial charge in [0, 0.05) is 37.1 Å². The molecule has 1 saturated heterocycles. The molecule has 2 heterocycles. The number of rotatable bonds is 6. The first-order chi connectivity index (χ1) is 11.8. The molecule has 4 nitrogen and oxygen atoms in total. The average molecular weight is 324 g/mol. The zero-order valence-corrected chi connectivity index (χ0v) is 14.1. The van der Waals surface area contributed by atoms with Crippen molar-refractivity contribution in [1.29, 1.82) is 0 Å². The van der Waals surface area contributed by atoms with Gasteiger partial charge in [-0.2, -0.15) is 0 Å². The third-order valence-corrected chi connectivity index (χ3v) is 5.46. The number of ether oxygens (including phenoxy) is 2. The lowest BCUT2D eigenvalue weighted by molar-refractivity contribution is 0.0866. The molecule has 4 heteroatoms. The summed E-state index contributed by atoms with van der Waals surface area (Å²) in [6.45, 7) is 1.75. The van der Waals surface area contributed by atoms with E-state index in [2.05, 4.69) is 22.0 Å². The molecule has 126 valence electrons. The van der Waals surface area contributed by atoms with Gasteiger partial charge in [-0.15, -0.1) is 0 Å². The number of piperidine rings is 1. The number of pyridine rings is 1. The van der Waals surface area contributed by atoms with Crippen molar-refractivity contribution in [2.75, 3.05) is 13.7 Å². The molecule has 0 amide bonds. The molecule has 1 aliphatic carbocycles. The predicted octanol–water partition coefficient (Wildman–Crippen LogP) is 3.52. The van der Waals surface area contributed by atoms with Gasteiger partial charge in [-0.1, -0.05) is 6.07 Å². The molecule has 24 heavy (non-hydrogen) atoms. The van der Waals surface area contributed by atoms with Crippen LogP contribution in [0.2, 0.25) is 0 Å². The van der Waals surface area contributed by atoms with Crippen molar-refractivity contribution in [1.82, 2.24) is 9.88 Å². The smallest absolute Gasteiger partial charge is 0.123 e. The fraction of sp³-hybridized carbons (Fsp3) is 0.450. The molecule has 0 spiro atoms. The average Bonchev–Trinajstić information content (AvgIpc) is 3.23. The van der Waals surface area contributed by atoms with Gasteiger partial charge in [0.25, 0.3) is 0 Å². The number of methoxy groups -OCH3 is 1. The topological polar surface area (TPSA) is 34.6 Å². The summed E-state index contributed by atoms with van der Waals surface area (Å²) >= 11 is 0. The molecule has 1 saturated carbocycles. The number of hydrogen-bond donors (Lipinski definition) is 0. The van der Waals surface area contributed by atoms with Crippen LogP contribution in [0.5, 0.6) is 11.5 Å². The quantitative estimate of drug-likeness (QED) is 0.814. The standard InChI is InChI=1S/C20H24N2O2/c1-23-18-3-2-4-19(12-18)24-14-20-16-5-6-17(11-16)22(20)13-15-7-9-21-10-8-15/h2-4,7-10,12,16-17,20H,5-6,11,13-14H2,1H3/t16-,17+,20-/m1/s1. The van der Waals surface area contributed by atoms with Crippen LogP contribution in [0.3, 0.4) is 0 Å². The fourth-order valence-corrected chi connectivity index (χ4v) is 4.23. The Balaban J connectivity index is 1.44. The molecule has 2 aromatic rings. The zero-order valence-electron chi connectivity index (χ0n) is 14.1. The van der Waals surface area contributed by atoms with Crippen LogP contribution in [0.4, 0.5) is 0 Å². The van der Waals surface area contributed by atoms with Crippen LogP contribution in [0.25, 0.3) is 0 Å². The Morgan fingerprint density at radius 2 is 1.96 bits per heavy atom. The van der Waals surface area contributed by atoms with E-state index in [1.54, 1.807) is 7.11 Å². The van der Waals surface area contributed by atoms with Crippen LogP contribution in [0, 0.1) is 5.92 Å². The molecular weight excluding hydrogens is 300 g/mol. The third kappa shape index (κ3) is 3.11. The van der Waals surface area contributed by atoms with Gasteiger partial charge < -0.3 is 9.47 Å². The van der Waals surface area contributed by atoms with Gasteiger partial charge in [-0.25, -0.2) is 0 Å². The number of nitrogens with zero attached hydrogens (tertiary/aromatic N) is 2. The lowest BCUT2D eigenvalue weighted by atomic mass is 9.99. The number of benzene rings is 1. The minimum absolute atomic E-state index is 0.503.